The number of carbonyl (C=O) groups excluding carboxylic acids is 2. The molecule has 0 saturated carbocycles. The van der Waals surface area contributed by atoms with Crippen LogP contribution in [0.25, 0.3) is 0 Å². The lowest BCUT2D eigenvalue weighted by Crippen LogP contribution is -2.40. The number of hydrogen-bond acceptors (Lipinski definition) is 6. The van der Waals surface area contributed by atoms with Crippen LogP contribution in [0.2, 0.25) is 0 Å². The standard InChI is InChI=1S/C22H28N2O6S/c1-15(2)30-20-10-9-17(11-21(20)29-4)13-23-22(26)14-24(31(5,27)28)19-8-6-7-18(12-19)16(3)25/h6-12,15H,13-14H2,1-5H3,(H,23,26). The molecular weight excluding hydrogens is 420 g/mol. The molecule has 0 heterocycles. The van der Waals surface area contributed by atoms with Gasteiger partial charge >= 0.3 is 0 Å². The lowest BCUT2D eigenvalue weighted by Gasteiger charge is -2.22. The zero-order valence-corrected chi connectivity index (χ0v) is 19.2. The van der Waals surface area contributed by atoms with E-state index in [1.165, 1.54) is 20.1 Å². The minimum absolute atomic E-state index is 0.0112. The van der Waals surface area contributed by atoms with E-state index in [1.807, 2.05) is 13.8 Å². The number of methoxy groups -OCH3 is 1. The second kappa shape index (κ2) is 10.3. The van der Waals surface area contributed by atoms with Crippen molar-refractivity contribution < 1.29 is 27.5 Å². The predicted octanol–water partition coefficient (Wildman–Crippen LogP) is 2.77. The van der Waals surface area contributed by atoms with E-state index in [9.17, 15) is 18.0 Å². The highest BCUT2D eigenvalue weighted by molar-refractivity contribution is 7.92. The summed E-state index contributed by atoms with van der Waals surface area (Å²) in [5.41, 5.74) is 1.38. The number of benzene rings is 2. The first-order valence-corrected chi connectivity index (χ1v) is 11.5. The molecule has 0 aromatic heterocycles. The molecule has 0 saturated heterocycles. The number of hydrogen-bond donors (Lipinski definition) is 1. The van der Waals surface area contributed by atoms with Gasteiger partial charge in [-0.1, -0.05) is 18.2 Å². The van der Waals surface area contributed by atoms with Crippen molar-refractivity contribution in [1.82, 2.24) is 5.32 Å². The number of amides is 1. The lowest BCUT2D eigenvalue weighted by atomic mass is 10.1. The van der Waals surface area contributed by atoms with Gasteiger partial charge in [-0.3, -0.25) is 13.9 Å². The van der Waals surface area contributed by atoms with Crippen molar-refractivity contribution >= 4 is 27.4 Å². The predicted molar refractivity (Wildman–Crippen MR) is 119 cm³/mol. The zero-order chi connectivity index (χ0) is 23.2. The fraction of sp³-hybridized carbons (Fsp3) is 0.364. The summed E-state index contributed by atoms with van der Waals surface area (Å²) in [4.78, 5) is 24.1. The lowest BCUT2D eigenvalue weighted by molar-refractivity contribution is -0.119. The number of Topliss-reactive ketones (excluding diaryl/α,β-unsaturated/α-hetero) is 1. The SMILES string of the molecule is COc1cc(CNC(=O)CN(c2cccc(C(C)=O)c2)S(C)(=O)=O)ccc1OC(C)C. The quantitative estimate of drug-likeness (QED) is 0.561. The highest BCUT2D eigenvalue weighted by atomic mass is 32.2. The molecule has 0 bridgehead atoms. The highest BCUT2D eigenvalue weighted by Crippen LogP contribution is 2.29. The summed E-state index contributed by atoms with van der Waals surface area (Å²) < 4.78 is 36.5. The second-order valence-electron chi connectivity index (χ2n) is 7.30. The number of anilines is 1. The van der Waals surface area contributed by atoms with Crippen LogP contribution in [0.15, 0.2) is 42.5 Å². The van der Waals surface area contributed by atoms with Crippen LogP contribution in [0, 0.1) is 0 Å². The molecule has 31 heavy (non-hydrogen) atoms. The van der Waals surface area contributed by atoms with Gasteiger partial charge in [0.05, 0.1) is 25.2 Å². The fourth-order valence-electron chi connectivity index (χ4n) is 2.84. The van der Waals surface area contributed by atoms with Crippen LogP contribution in [0.4, 0.5) is 5.69 Å². The average Bonchev–Trinajstić information content (AvgIpc) is 2.70. The summed E-state index contributed by atoms with van der Waals surface area (Å²) in [5, 5.41) is 2.71. The van der Waals surface area contributed by atoms with Crippen LogP contribution in [-0.4, -0.2) is 46.1 Å². The van der Waals surface area contributed by atoms with Crippen molar-refractivity contribution in [1.29, 1.82) is 0 Å². The number of ether oxygens (including phenoxy) is 2. The summed E-state index contributed by atoms with van der Waals surface area (Å²) in [6.45, 7) is 4.98. The number of ketones is 1. The third-order valence-electron chi connectivity index (χ3n) is 4.31. The van der Waals surface area contributed by atoms with Crippen LogP contribution in [0.5, 0.6) is 11.5 Å². The summed E-state index contributed by atoms with van der Waals surface area (Å²) in [6, 6.07) is 11.5. The number of sulfonamides is 1. The van der Waals surface area contributed by atoms with E-state index in [-0.39, 0.29) is 24.1 Å². The molecule has 9 heteroatoms. The summed E-state index contributed by atoms with van der Waals surface area (Å²) >= 11 is 0. The molecule has 0 aliphatic heterocycles. The number of rotatable bonds is 10. The van der Waals surface area contributed by atoms with Crippen molar-refractivity contribution in [2.75, 3.05) is 24.2 Å². The van der Waals surface area contributed by atoms with Gasteiger partial charge in [-0.05, 0) is 50.6 Å². The maximum absolute atomic E-state index is 12.5. The molecule has 2 aromatic rings. The number of nitrogens with one attached hydrogen (secondary N) is 1. The summed E-state index contributed by atoms with van der Waals surface area (Å²) in [6.07, 6.45) is 1.00. The van der Waals surface area contributed by atoms with E-state index < -0.39 is 22.5 Å². The first kappa shape index (κ1) is 24.2. The molecule has 168 valence electrons. The molecule has 0 fully saturated rings. The summed E-state index contributed by atoms with van der Waals surface area (Å²) in [5.74, 6) is 0.458. The Bertz CT molecular complexity index is 1050. The topological polar surface area (TPSA) is 102 Å². The normalized spacial score (nSPS) is 11.2. The molecule has 1 N–H and O–H groups in total. The number of carbonyl (C=O) groups is 2. The molecule has 2 aromatic carbocycles. The van der Waals surface area contributed by atoms with Crippen LogP contribution >= 0.6 is 0 Å². The molecule has 1 amide bonds. The fourth-order valence-corrected chi connectivity index (χ4v) is 3.69. The molecule has 0 spiro atoms. The van der Waals surface area contributed by atoms with E-state index in [0.29, 0.717) is 17.1 Å². The largest absolute Gasteiger partial charge is 0.493 e. The van der Waals surface area contributed by atoms with E-state index in [0.717, 1.165) is 16.1 Å². The van der Waals surface area contributed by atoms with Gasteiger partial charge in [0.25, 0.3) is 0 Å². The molecule has 2 rings (SSSR count). The van der Waals surface area contributed by atoms with Crippen molar-refractivity contribution in [2.24, 2.45) is 0 Å². The molecule has 0 atom stereocenters. The van der Waals surface area contributed by atoms with Crippen molar-refractivity contribution in [2.45, 2.75) is 33.4 Å². The van der Waals surface area contributed by atoms with Gasteiger partial charge in [-0.2, -0.15) is 0 Å². The van der Waals surface area contributed by atoms with Crippen LogP contribution in [0.3, 0.4) is 0 Å². The van der Waals surface area contributed by atoms with E-state index in [1.54, 1.807) is 36.4 Å². The third kappa shape index (κ3) is 6.99. The zero-order valence-electron chi connectivity index (χ0n) is 18.3. The van der Waals surface area contributed by atoms with E-state index in [2.05, 4.69) is 5.32 Å². The Balaban J connectivity index is 2.12. The van der Waals surface area contributed by atoms with E-state index >= 15 is 0 Å². The monoisotopic (exact) mass is 448 g/mol. The maximum Gasteiger partial charge on any atom is 0.241 e. The molecule has 0 unspecified atom stereocenters. The minimum Gasteiger partial charge on any atom is -0.493 e. The minimum atomic E-state index is -3.74. The Morgan fingerprint density at radius 3 is 2.39 bits per heavy atom. The third-order valence-corrected chi connectivity index (χ3v) is 5.45. The van der Waals surface area contributed by atoms with Gasteiger partial charge in [0.1, 0.15) is 6.54 Å². The smallest absolute Gasteiger partial charge is 0.241 e. The molecular formula is C22H28N2O6S. The van der Waals surface area contributed by atoms with Gasteiger partial charge in [0, 0.05) is 12.1 Å². The second-order valence-corrected chi connectivity index (χ2v) is 9.21. The number of nitrogens with zero attached hydrogens (tertiary/aromatic N) is 1. The summed E-state index contributed by atoms with van der Waals surface area (Å²) in [7, 11) is -2.21. The van der Waals surface area contributed by atoms with Gasteiger partial charge in [-0.15, -0.1) is 0 Å². The van der Waals surface area contributed by atoms with Gasteiger partial charge < -0.3 is 14.8 Å². The first-order valence-electron chi connectivity index (χ1n) is 9.70. The average molecular weight is 449 g/mol. The molecule has 0 aliphatic carbocycles. The van der Waals surface area contributed by atoms with Crippen molar-refractivity contribution in [3.63, 3.8) is 0 Å². The Labute approximate surface area is 183 Å². The van der Waals surface area contributed by atoms with Gasteiger partial charge in [-0.25, -0.2) is 8.42 Å². The first-order chi connectivity index (χ1) is 14.5. The Kier molecular flexibility index (Phi) is 8.04. The van der Waals surface area contributed by atoms with Crippen molar-refractivity contribution in [3.05, 3.63) is 53.6 Å². The van der Waals surface area contributed by atoms with Crippen LogP contribution < -0.4 is 19.1 Å². The Morgan fingerprint density at radius 2 is 1.81 bits per heavy atom. The Hall–Kier alpha value is -3.07. The van der Waals surface area contributed by atoms with Crippen LogP contribution in [0.1, 0.15) is 36.7 Å². The molecule has 0 radical (unpaired) electrons. The van der Waals surface area contributed by atoms with Crippen LogP contribution in [-0.2, 0) is 21.4 Å². The highest BCUT2D eigenvalue weighted by Gasteiger charge is 2.21. The molecule has 0 aliphatic rings. The van der Waals surface area contributed by atoms with Gasteiger partial charge in [0.15, 0.2) is 17.3 Å². The van der Waals surface area contributed by atoms with Crippen molar-refractivity contribution in [3.8, 4) is 11.5 Å². The Morgan fingerprint density at radius 1 is 1.10 bits per heavy atom. The van der Waals surface area contributed by atoms with E-state index in [4.69, 9.17) is 9.47 Å². The maximum atomic E-state index is 12.5. The molecule has 8 nitrogen and oxygen atoms in total. The van der Waals surface area contributed by atoms with Gasteiger partial charge in [0.2, 0.25) is 15.9 Å².